The van der Waals surface area contributed by atoms with Crippen LogP contribution < -0.4 is 4.74 Å². The van der Waals surface area contributed by atoms with Crippen LogP contribution in [0, 0.1) is 13.8 Å². The van der Waals surface area contributed by atoms with Crippen molar-refractivity contribution in [3.8, 4) is 5.75 Å². The zero-order valence-corrected chi connectivity index (χ0v) is 17.9. The van der Waals surface area contributed by atoms with Crippen LogP contribution in [0.4, 0.5) is 5.69 Å². The van der Waals surface area contributed by atoms with E-state index in [0.717, 1.165) is 40.4 Å². The van der Waals surface area contributed by atoms with Crippen LogP contribution in [0.3, 0.4) is 0 Å². The number of thioether (sulfide) groups is 1. The van der Waals surface area contributed by atoms with Gasteiger partial charge in [0.2, 0.25) is 0 Å². The molecule has 2 rings (SSSR count). The fourth-order valence-corrected chi connectivity index (χ4v) is 3.05. The second-order valence-corrected chi connectivity index (χ2v) is 7.29. The van der Waals surface area contributed by atoms with Gasteiger partial charge in [0.15, 0.2) is 0 Å². The molecule has 0 saturated heterocycles. The van der Waals surface area contributed by atoms with Gasteiger partial charge in [-0.1, -0.05) is 6.07 Å². The van der Waals surface area contributed by atoms with Gasteiger partial charge in [-0.25, -0.2) is 4.99 Å². The molecule has 0 aliphatic rings. The van der Waals surface area contributed by atoms with Crippen LogP contribution in [-0.4, -0.2) is 50.5 Å². The highest BCUT2D eigenvalue weighted by Gasteiger charge is 2.11. The predicted molar refractivity (Wildman–Crippen MR) is 119 cm³/mol. The standard InChI is InChI=1S/C22H29N3OS/c1-7-25(5)15-24-21-12-16(2)20(11-17(21)3)22(23-4)14-26-18-9-8-10-19(13-18)27-6/h8-13,15H,7,14H2,1-6H3. The van der Waals surface area contributed by atoms with E-state index in [4.69, 9.17) is 4.74 Å². The zero-order valence-electron chi connectivity index (χ0n) is 17.1. The summed E-state index contributed by atoms with van der Waals surface area (Å²) < 4.78 is 5.99. The summed E-state index contributed by atoms with van der Waals surface area (Å²) in [6.07, 6.45) is 3.94. The molecule has 0 unspecified atom stereocenters. The molecule has 27 heavy (non-hydrogen) atoms. The first-order chi connectivity index (χ1) is 13.0. The predicted octanol–water partition coefficient (Wildman–Crippen LogP) is 5.13. The topological polar surface area (TPSA) is 37.2 Å². The van der Waals surface area contributed by atoms with Crippen molar-refractivity contribution in [2.75, 3.05) is 33.5 Å². The summed E-state index contributed by atoms with van der Waals surface area (Å²) in [5.74, 6) is 0.862. The van der Waals surface area contributed by atoms with Crippen LogP contribution in [0.2, 0.25) is 0 Å². The molecular weight excluding hydrogens is 354 g/mol. The Morgan fingerprint density at radius 2 is 1.96 bits per heavy atom. The maximum atomic E-state index is 5.99. The van der Waals surface area contributed by atoms with E-state index in [-0.39, 0.29) is 0 Å². The molecular formula is C22H29N3OS. The minimum Gasteiger partial charge on any atom is -0.487 e. The quantitative estimate of drug-likeness (QED) is 0.360. The van der Waals surface area contributed by atoms with Crippen LogP contribution in [0.1, 0.15) is 23.6 Å². The van der Waals surface area contributed by atoms with Crippen molar-refractivity contribution in [1.29, 1.82) is 0 Å². The van der Waals surface area contributed by atoms with Gasteiger partial charge < -0.3 is 9.64 Å². The van der Waals surface area contributed by atoms with Crippen LogP contribution in [0.25, 0.3) is 0 Å². The smallest absolute Gasteiger partial charge is 0.130 e. The largest absolute Gasteiger partial charge is 0.487 e. The molecule has 0 amide bonds. The number of ether oxygens (including phenoxy) is 1. The van der Waals surface area contributed by atoms with E-state index in [1.807, 2.05) is 32.6 Å². The molecule has 0 radical (unpaired) electrons. The lowest BCUT2D eigenvalue weighted by atomic mass is 10.00. The van der Waals surface area contributed by atoms with Gasteiger partial charge in [-0.2, -0.15) is 0 Å². The van der Waals surface area contributed by atoms with Gasteiger partial charge in [0, 0.05) is 31.1 Å². The SMILES string of the molecule is CCN(C)C=Nc1cc(C)c(C(COc2cccc(SC)c2)=NC)cc1C. The Kier molecular flexibility index (Phi) is 7.92. The van der Waals surface area contributed by atoms with Crippen molar-refractivity contribution in [2.24, 2.45) is 9.98 Å². The normalized spacial score (nSPS) is 11.9. The number of nitrogens with zero attached hydrogens (tertiary/aromatic N) is 3. The van der Waals surface area contributed by atoms with Crippen molar-refractivity contribution in [3.63, 3.8) is 0 Å². The van der Waals surface area contributed by atoms with E-state index < -0.39 is 0 Å². The molecule has 2 aromatic rings. The molecule has 0 aliphatic heterocycles. The Labute approximate surface area is 167 Å². The summed E-state index contributed by atoms with van der Waals surface area (Å²) in [6.45, 7) is 7.65. The summed E-state index contributed by atoms with van der Waals surface area (Å²) in [5, 5.41) is 0. The molecule has 0 aromatic heterocycles. The molecule has 0 heterocycles. The van der Waals surface area contributed by atoms with Crippen molar-refractivity contribution >= 4 is 29.5 Å². The third-order valence-electron chi connectivity index (χ3n) is 4.43. The van der Waals surface area contributed by atoms with Gasteiger partial charge in [-0.3, -0.25) is 4.99 Å². The Morgan fingerprint density at radius 1 is 1.19 bits per heavy atom. The summed E-state index contributed by atoms with van der Waals surface area (Å²) in [4.78, 5) is 12.3. The molecule has 144 valence electrons. The van der Waals surface area contributed by atoms with Crippen LogP contribution in [0.5, 0.6) is 5.75 Å². The molecule has 5 heteroatoms. The maximum Gasteiger partial charge on any atom is 0.130 e. The first-order valence-electron chi connectivity index (χ1n) is 9.07. The van der Waals surface area contributed by atoms with Crippen molar-refractivity contribution in [2.45, 2.75) is 25.7 Å². The average Bonchev–Trinajstić information content (AvgIpc) is 2.69. The van der Waals surface area contributed by atoms with Gasteiger partial charge in [0.1, 0.15) is 12.4 Å². The second kappa shape index (κ2) is 10.2. The third kappa shape index (κ3) is 5.86. The van der Waals surface area contributed by atoms with Crippen LogP contribution >= 0.6 is 11.8 Å². The van der Waals surface area contributed by atoms with Gasteiger partial charge in [0.05, 0.1) is 17.7 Å². The molecule has 0 bridgehead atoms. The highest BCUT2D eigenvalue weighted by Crippen LogP contribution is 2.25. The summed E-state index contributed by atoms with van der Waals surface area (Å²) >= 11 is 1.71. The lowest BCUT2D eigenvalue weighted by Gasteiger charge is -2.14. The van der Waals surface area contributed by atoms with Crippen LogP contribution in [0.15, 0.2) is 51.3 Å². The van der Waals surface area contributed by atoms with E-state index in [1.165, 1.54) is 4.90 Å². The average molecular weight is 384 g/mol. The van der Waals surface area contributed by atoms with E-state index in [2.05, 4.69) is 66.2 Å². The lowest BCUT2D eigenvalue weighted by molar-refractivity contribution is 0.376. The van der Waals surface area contributed by atoms with E-state index in [9.17, 15) is 0 Å². The van der Waals surface area contributed by atoms with Crippen molar-refractivity contribution in [1.82, 2.24) is 4.90 Å². The number of rotatable bonds is 8. The summed E-state index contributed by atoms with van der Waals surface area (Å²) in [6, 6.07) is 12.4. The number of aliphatic imine (C=N–C) groups is 2. The molecule has 0 spiro atoms. The van der Waals surface area contributed by atoms with E-state index in [0.29, 0.717) is 6.61 Å². The van der Waals surface area contributed by atoms with E-state index >= 15 is 0 Å². The molecule has 0 atom stereocenters. The summed E-state index contributed by atoms with van der Waals surface area (Å²) in [5.41, 5.74) is 5.31. The van der Waals surface area contributed by atoms with Crippen molar-refractivity contribution in [3.05, 3.63) is 53.1 Å². The maximum absolute atomic E-state index is 5.99. The van der Waals surface area contributed by atoms with Gasteiger partial charge in [0.25, 0.3) is 0 Å². The lowest BCUT2D eigenvalue weighted by Crippen LogP contribution is -2.15. The van der Waals surface area contributed by atoms with Crippen LogP contribution in [-0.2, 0) is 0 Å². The highest BCUT2D eigenvalue weighted by molar-refractivity contribution is 7.98. The van der Waals surface area contributed by atoms with Gasteiger partial charge >= 0.3 is 0 Å². The number of aryl methyl sites for hydroxylation is 2. The number of hydrogen-bond donors (Lipinski definition) is 0. The second-order valence-electron chi connectivity index (χ2n) is 6.41. The fraction of sp³-hybridized carbons (Fsp3) is 0.364. The molecule has 4 nitrogen and oxygen atoms in total. The highest BCUT2D eigenvalue weighted by atomic mass is 32.2. The Hall–Kier alpha value is -2.27. The Balaban J connectivity index is 2.19. The minimum atomic E-state index is 0.440. The van der Waals surface area contributed by atoms with Gasteiger partial charge in [-0.15, -0.1) is 11.8 Å². The third-order valence-corrected chi connectivity index (χ3v) is 5.16. The minimum absolute atomic E-state index is 0.440. The Morgan fingerprint density at radius 3 is 2.63 bits per heavy atom. The van der Waals surface area contributed by atoms with E-state index in [1.54, 1.807) is 11.8 Å². The fourth-order valence-electron chi connectivity index (χ4n) is 2.60. The molecule has 0 aliphatic carbocycles. The first kappa shape index (κ1) is 21.0. The molecule has 0 saturated carbocycles. The molecule has 2 aromatic carbocycles. The first-order valence-corrected chi connectivity index (χ1v) is 10.3. The monoisotopic (exact) mass is 383 g/mol. The zero-order chi connectivity index (χ0) is 19.8. The van der Waals surface area contributed by atoms with Crippen molar-refractivity contribution < 1.29 is 4.74 Å². The number of hydrogen-bond acceptors (Lipinski definition) is 4. The van der Waals surface area contributed by atoms with Gasteiger partial charge in [-0.05, 0) is 68.5 Å². The molecule has 0 fully saturated rings. The summed E-state index contributed by atoms with van der Waals surface area (Å²) in [7, 11) is 3.83. The number of benzene rings is 2. The Bertz CT molecular complexity index is 830. The molecule has 0 N–H and O–H groups in total.